The van der Waals surface area contributed by atoms with Gasteiger partial charge in [0.2, 0.25) is 5.91 Å². The summed E-state index contributed by atoms with van der Waals surface area (Å²) in [7, 11) is 3.57. The molecule has 0 aromatic heterocycles. The van der Waals surface area contributed by atoms with Crippen LogP contribution in [0.3, 0.4) is 0 Å². The van der Waals surface area contributed by atoms with Crippen molar-refractivity contribution >= 4 is 11.9 Å². The minimum atomic E-state index is 0.0486. The first-order valence-corrected chi connectivity index (χ1v) is 9.48. The number of hydrogen-bond acceptors (Lipinski definition) is 3. The van der Waals surface area contributed by atoms with Crippen LogP contribution in [0, 0.1) is 5.92 Å². The molecule has 0 aliphatic carbocycles. The van der Waals surface area contributed by atoms with E-state index in [9.17, 15) is 9.59 Å². The molecule has 3 heterocycles. The molecule has 6 heteroatoms. The Morgan fingerprint density at radius 1 is 1.12 bits per heavy atom. The Morgan fingerprint density at radius 3 is 2.62 bits per heavy atom. The smallest absolute Gasteiger partial charge is 0.319 e. The van der Waals surface area contributed by atoms with Gasteiger partial charge < -0.3 is 19.4 Å². The van der Waals surface area contributed by atoms with Gasteiger partial charge in [-0.15, -0.1) is 0 Å². The van der Waals surface area contributed by atoms with Crippen LogP contribution < -0.4 is 4.74 Å². The molecule has 0 N–H and O–H groups in total. The minimum Gasteiger partial charge on any atom is -0.494 e. The van der Waals surface area contributed by atoms with Crippen molar-refractivity contribution in [2.45, 2.75) is 31.7 Å². The van der Waals surface area contributed by atoms with Crippen LogP contribution >= 0.6 is 0 Å². The number of benzene rings is 1. The summed E-state index contributed by atoms with van der Waals surface area (Å²) < 4.78 is 5.68. The molecule has 26 heavy (non-hydrogen) atoms. The van der Waals surface area contributed by atoms with Gasteiger partial charge in [-0.2, -0.15) is 0 Å². The number of amides is 3. The maximum atomic E-state index is 12.7. The van der Waals surface area contributed by atoms with E-state index in [1.165, 1.54) is 0 Å². The van der Waals surface area contributed by atoms with Crippen LogP contribution in [-0.2, 0) is 4.79 Å². The Kier molecular flexibility index (Phi) is 6.01. The molecule has 6 nitrogen and oxygen atoms in total. The fraction of sp³-hybridized carbons (Fsp3) is 0.600. The van der Waals surface area contributed by atoms with E-state index in [1.807, 2.05) is 40.1 Å². The SMILES string of the molecule is CN(C)C(=O)N1C[C@H]2CC[C@@H](C1)N(C(=O)CCCOc1ccccc1)C2. The Hall–Kier alpha value is -2.24. The zero-order chi connectivity index (χ0) is 18.5. The third kappa shape index (κ3) is 4.48. The first kappa shape index (κ1) is 18.5. The lowest BCUT2D eigenvalue weighted by Crippen LogP contribution is -2.48. The molecule has 3 amide bonds. The van der Waals surface area contributed by atoms with Crippen LogP contribution in [0.15, 0.2) is 30.3 Å². The molecule has 0 spiro atoms. The van der Waals surface area contributed by atoms with Crippen LogP contribution in [-0.4, -0.2) is 73.0 Å². The standard InChI is InChI=1S/C20H29N3O3/c1-21(2)20(25)22-13-16-10-11-17(15-22)23(14-16)19(24)9-6-12-26-18-7-4-3-5-8-18/h3-5,7-8,16-17H,6,9-15H2,1-2H3/t16-,17+/m1/s1. The molecular weight excluding hydrogens is 330 g/mol. The number of ether oxygens (including phenoxy) is 1. The minimum absolute atomic E-state index is 0.0486. The van der Waals surface area contributed by atoms with Gasteiger partial charge in [-0.25, -0.2) is 4.79 Å². The van der Waals surface area contributed by atoms with Crippen molar-refractivity contribution in [3.8, 4) is 5.75 Å². The fourth-order valence-electron chi connectivity index (χ4n) is 3.90. The molecular formula is C20H29N3O3. The number of nitrogens with zero attached hydrogens (tertiary/aromatic N) is 3. The van der Waals surface area contributed by atoms with E-state index in [4.69, 9.17) is 4.74 Å². The summed E-state index contributed by atoms with van der Waals surface area (Å²) in [6, 6.07) is 9.88. The second kappa shape index (κ2) is 8.43. The Morgan fingerprint density at radius 2 is 1.88 bits per heavy atom. The molecule has 142 valence electrons. The number of urea groups is 1. The van der Waals surface area contributed by atoms with Crippen molar-refractivity contribution in [3.63, 3.8) is 0 Å². The highest BCUT2D eigenvalue weighted by Gasteiger charge is 2.38. The van der Waals surface area contributed by atoms with Crippen LogP contribution in [0.25, 0.3) is 0 Å². The van der Waals surface area contributed by atoms with Crippen molar-refractivity contribution in [1.82, 2.24) is 14.7 Å². The van der Waals surface area contributed by atoms with Crippen LogP contribution in [0.4, 0.5) is 4.79 Å². The molecule has 1 aromatic rings. The third-order valence-electron chi connectivity index (χ3n) is 5.23. The van der Waals surface area contributed by atoms with Gasteiger partial charge in [0.05, 0.1) is 6.61 Å². The predicted octanol–water partition coefficient (Wildman–Crippen LogP) is 2.45. The molecule has 3 aliphatic heterocycles. The topological polar surface area (TPSA) is 53.1 Å². The van der Waals surface area contributed by atoms with Gasteiger partial charge in [-0.3, -0.25) is 4.79 Å². The van der Waals surface area contributed by atoms with E-state index in [0.29, 0.717) is 31.9 Å². The lowest BCUT2D eigenvalue weighted by Gasteiger charge is -2.36. The van der Waals surface area contributed by atoms with Gasteiger partial charge in [0.25, 0.3) is 0 Å². The number of hydrogen-bond donors (Lipinski definition) is 0. The third-order valence-corrected chi connectivity index (χ3v) is 5.23. The fourth-order valence-corrected chi connectivity index (χ4v) is 3.90. The largest absolute Gasteiger partial charge is 0.494 e. The summed E-state index contributed by atoms with van der Waals surface area (Å²) >= 11 is 0. The summed E-state index contributed by atoms with van der Waals surface area (Å²) in [6.07, 6.45) is 3.30. The normalized spacial score (nSPS) is 22.1. The Bertz CT molecular complexity index is 620. The lowest BCUT2D eigenvalue weighted by molar-refractivity contribution is -0.135. The Labute approximate surface area is 155 Å². The van der Waals surface area contributed by atoms with Crippen molar-refractivity contribution in [3.05, 3.63) is 30.3 Å². The second-order valence-electron chi connectivity index (χ2n) is 7.49. The van der Waals surface area contributed by atoms with E-state index in [-0.39, 0.29) is 18.0 Å². The summed E-state index contributed by atoms with van der Waals surface area (Å²) in [4.78, 5) is 30.6. The lowest BCUT2D eigenvalue weighted by atomic mass is 9.94. The number of rotatable bonds is 5. The molecule has 0 saturated carbocycles. The van der Waals surface area contributed by atoms with Crippen molar-refractivity contribution in [1.29, 1.82) is 0 Å². The summed E-state index contributed by atoms with van der Waals surface area (Å²) in [5.41, 5.74) is 0. The highest BCUT2D eigenvalue weighted by molar-refractivity contribution is 5.77. The van der Waals surface area contributed by atoms with Crippen molar-refractivity contribution in [2.75, 3.05) is 40.3 Å². The average Bonchev–Trinajstić information content (AvgIpc) is 2.97. The van der Waals surface area contributed by atoms with Crippen LogP contribution in [0.5, 0.6) is 5.75 Å². The van der Waals surface area contributed by atoms with E-state index >= 15 is 0 Å². The highest BCUT2D eigenvalue weighted by atomic mass is 16.5. The first-order valence-electron chi connectivity index (χ1n) is 9.48. The van der Waals surface area contributed by atoms with E-state index in [2.05, 4.69) is 0 Å². The van der Waals surface area contributed by atoms with Crippen LogP contribution in [0.2, 0.25) is 0 Å². The number of piperidine rings is 1. The average molecular weight is 359 g/mol. The number of carbonyl (C=O) groups is 2. The zero-order valence-electron chi connectivity index (χ0n) is 15.8. The van der Waals surface area contributed by atoms with E-state index in [0.717, 1.165) is 31.7 Å². The quantitative estimate of drug-likeness (QED) is 0.759. The van der Waals surface area contributed by atoms with E-state index in [1.54, 1.807) is 19.0 Å². The van der Waals surface area contributed by atoms with E-state index < -0.39 is 0 Å². The number of carbonyl (C=O) groups excluding carboxylic acids is 2. The summed E-state index contributed by atoms with van der Waals surface area (Å²) in [5, 5.41) is 0. The Balaban J connectivity index is 1.49. The molecule has 1 aromatic carbocycles. The zero-order valence-corrected chi connectivity index (χ0v) is 15.8. The maximum absolute atomic E-state index is 12.7. The van der Waals surface area contributed by atoms with Gasteiger partial charge in [0, 0.05) is 46.2 Å². The van der Waals surface area contributed by atoms with Gasteiger partial charge >= 0.3 is 6.03 Å². The van der Waals surface area contributed by atoms with Crippen molar-refractivity contribution < 1.29 is 14.3 Å². The maximum Gasteiger partial charge on any atom is 0.319 e. The second-order valence-corrected chi connectivity index (χ2v) is 7.49. The molecule has 0 unspecified atom stereocenters. The molecule has 3 fully saturated rings. The van der Waals surface area contributed by atoms with Gasteiger partial charge in [0.15, 0.2) is 0 Å². The molecule has 3 saturated heterocycles. The van der Waals surface area contributed by atoms with Crippen molar-refractivity contribution in [2.24, 2.45) is 5.92 Å². The molecule has 0 radical (unpaired) electrons. The number of fused-ring (bicyclic) bond motifs is 4. The van der Waals surface area contributed by atoms with Gasteiger partial charge in [-0.05, 0) is 37.3 Å². The molecule has 4 rings (SSSR count). The number of para-hydroxylation sites is 1. The molecule has 3 aliphatic rings. The van der Waals surface area contributed by atoms with Crippen LogP contribution in [0.1, 0.15) is 25.7 Å². The van der Waals surface area contributed by atoms with Gasteiger partial charge in [-0.1, -0.05) is 18.2 Å². The predicted molar refractivity (Wildman–Crippen MR) is 100 cm³/mol. The summed E-state index contributed by atoms with van der Waals surface area (Å²) in [6.45, 7) is 2.73. The molecule has 2 atom stereocenters. The van der Waals surface area contributed by atoms with Gasteiger partial charge in [0.1, 0.15) is 5.75 Å². The highest BCUT2D eigenvalue weighted by Crippen LogP contribution is 2.29. The summed E-state index contributed by atoms with van der Waals surface area (Å²) in [5.74, 6) is 1.42. The monoisotopic (exact) mass is 359 g/mol. The molecule has 2 bridgehead atoms. The first-order chi connectivity index (χ1) is 12.5.